The van der Waals surface area contributed by atoms with E-state index >= 15 is 0 Å². The van der Waals surface area contributed by atoms with Crippen LogP contribution in [0.4, 0.5) is 20.5 Å². The fourth-order valence-electron chi connectivity index (χ4n) is 3.00. The number of benzene rings is 2. The summed E-state index contributed by atoms with van der Waals surface area (Å²) in [7, 11) is 0. The predicted molar refractivity (Wildman–Crippen MR) is 94.8 cm³/mol. The standard InChI is InChI=1S/C19H14F2N4O3/c20-12-5-7-13(8-6-12)25-10-11(9-16(25)26)18-23-24-19(28-18)22-17(27)14-3-1-2-4-15(14)21/h1-8,11H,9-10H2,(H,22,24,27)/t11-/m1/s1. The molecule has 28 heavy (non-hydrogen) atoms. The molecule has 2 aromatic carbocycles. The topological polar surface area (TPSA) is 88.3 Å². The highest BCUT2D eigenvalue weighted by Gasteiger charge is 2.35. The van der Waals surface area contributed by atoms with E-state index in [0.29, 0.717) is 5.69 Å². The molecule has 3 aromatic rings. The lowest BCUT2D eigenvalue weighted by Crippen LogP contribution is -2.24. The van der Waals surface area contributed by atoms with Gasteiger partial charge in [0.2, 0.25) is 11.8 Å². The van der Waals surface area contributed by atoms with Gasteiger partial charge in [-0.1, -0.05) is 17.2 Å². The zero-order valence-electron chi connectivity index (χ0n) is 14.4. The molecule has 2 amide bonds. The van der Waals surface area contributed by atoms with Gasteiger partial charge in [0.15, 0.2) is 0 Å². The predicted octanol–water partition coefficient (Wildman–Crippen LogP) is 3.12. The third-order valence-corrected chi connectivity index (χ3v) is 4.39. The second-order valence-corrected chi connectivity index (χ2v) is 6.26. The highest BCUT2D eigenvalue weighted by molar-refractivity contribution is 6.03. The molecule has 0 aliphatic carbocycles. The SMILES string of the molecule is O=C(Nc1nnc([C@@H]2CC(=O)N(c3ccc(F)cc3)C2)o1)c1ccccc1F. The summed E-state index contributed by atoms with van der Waals surface area (Å²) in [6, 6.07) is 10.9. The van der Waals surface area contributed by atoms with Crippen LogP contribution >= 0.6 is 0 Å². The zero-order chi connectivity index (χ0) is 19.7. The average molecular weight is 384 g/mol. The van der Waals surface area contributed by atoms with Crippen LogP contribution < -0.4 is 10.2 Å². The Hall–Kier alpha value is -3.62. The zero-order valence-corrected chi connectivity index (χ0v) is 14.4. The summed E-state index contributed by atoms with van der Waals surface area (Å²) in [6.07, 6.45) is 0.139. The summed E-state index contributed by atoms with van der Waals surface area (Å²) in [4.78, 5) is 25.9. The second kappa shape index (κ2) is 7.18. The van der Waals surface area contributed by atoms with E-state index in [9.17, 15) is 18.4 Å². The van der Waals surface area contributed by atoms with Gasteiger partial charge in [-0.2, -0.15) is 0 Å². The largest absolute Gasteiger partial charge is 0.407 e. The Kier molecular flexibility index (Phi) is 4.56. The molecule has 1 N–H and O–H groups in total. The minimum absolute atomic E-state index is 0.139. The van der Waals surface area contributed by atoms with Gasteiger partial charge in [-0.3, -0.25) is 14.9 Å². The highest BCUT2D eigenvalue weighted by atomic mass is 19.1. The number of halogens is 2. The van der Waals surface area contributed by atoms with Crippen LogP contribution in [0.2, 0.25) is 0 Å². The molecule has 0 spiro atoms. The molecule has 1 aromatic heterocycles. The summed E-state index contributed by atoms with van der Waals surface area (Å²) in [5, 5.41) is 9.96. The summed E-state index contributed by atoms with van der Waals surface area (Å²) < 4.78 is 32.2. The Balaban J connectivity index is 1.46. The minimum Gasteiger partial charge on any atom is -0.407 e. The number of hydrogen-bond acceptors (Lipinski definition) is 5. The van der Waals surface area contributed by atoms with E-state index < -0.39 is 11.7 Å². The number of aromatic nitrogens is 2. The van der Waals surface area contributed by atoms with Crippen molar-refractivity contribution in [3.8, 4) is 0 Å². The van der Waals surface area contributed by atoms with E-state index in [1.54, 1.807) is 0 Å². The molecule has 1 saturated heterocycles. The van der Waals surface area contributed by atoms with Gasteiger partial charge in [0.05, 0.1) is 11.5 Å². The van der Waals surface area contributed by atoms with E-state index in [0.717, 1.165) is 0 Å². The van der Waals surface area contributed by atoms with Crippen molar-refractivity contribution in [3.05, 3.63) is 71.6 Å². The summed E-state index contributed by atoms with van der Waals surface area (Å²) in [5.41, 5.74) is 0.419. The molecule has 7 nitrogen and oxygen atoms in total. The molecule has 0 bridgehead atoms. The van der Waals surface area contributed by atoms with Crippen molar-refractivity contribution in [3.63, 3.8) is 0 Å². The Labute approximate surface area is 158 Å². The number of anilines is 2. The number of nitrogens with zero attached hydrogens (tertiary/aromatic N) is 3. The normalized spacial score (nSPS) is 16.4. The molecule has 0 saturated carbocycles. The van der Waals surface area contributed by atoms with Gasteiger partial charge in [0.1, 0.15) is 11.6 Å². The van der Waals surface area contributed by atoms with Crippen LogP contribution in [0.5, 0.6) is 0 Å². The van der Waals surface area contributed by atoms with Gasteiger partial charge >= 0.3 is 6.01 Å². The number of carbonyl (C=O) groups is 2. The molecule has 142 valence electrons. The molecule has 1 atom stereocenters. The van der Waals surface area contributed by atoms with Crippen molar-refractivity contribution in [2.24, 2.45) is 0 Å². The molecular weight excluding hydrogens is 370 g/mol. The maximum atomic E-state index is 13.7. The molecule has 1 fully saturated rings. The van der Waals surface area contributed by atoms with E-state index in [4.69, 9.17) is 4.42 Å². The van der Waals surface area contributed by atoms with Crippen LogP contribution in [0.15, 0.2) is 52.9 Å². The van der Waals surface area contributed by atoms with Crippen LogP contribution in [-0.4, -0.2) is 28.6 Å². The lowest BCUT2D eigenvalue weighted by molar-refractivity contribution is -0.117. The molecule has 1 aliphatic heterocycles. The molecule has 1 aliphatic rings. The van der Waals surface area contributed by atoms with Gasteiger partial charge in [-0.25, -0.2) is 8.78 Å². The number of nitrogens with one attached hydrogen (secondary N) is 1. The number of carbonyl (C=O) groups excluding carboxylic acids is 2. The van der Waals surface area contributed by atoms with E-state index in [1.807, 2.05) is 0 Å². The lowest BCUT2D eigenvalue weighted by atomic mass is 10.1. The van der Waals surface area contributed by atoms with Gasteiger partial charge in [-0.15, -0.1) is 5.10 Å². The summed E-state index contributed by atoms with van der Waals surface area (Å²) >= 11 is 0. The second-order valence-electron chi connectivity index (χ2n) is 6.26. The number of hydrogen-bond donors (Lipinski definition) is 1. The van der Waals surface area contributed by atoms with Gasteiger partial charge in [0.25, 0.3) is 5.91 Å². The maximum Gasteiger partial charge on any atom is 0.322 e. The van der Waals surface area contributed by atoms with Crippen LogP contribution in [0.3, 0.4) is 0 Å². The first-order valence-electron chi connectivity index (χ1n) is 8.46. The summed E-state index contributed by atoms with van der Waals surface area (Å²) in [6.45, 7) is 0.285. The first kappa shape index (κ1) is 17.8. The Morgan fingerprint density at radius 1 is 1.11 bits per heavy atom. The molecule has 0 radical (unpaired) electrons. The van der Waals surface area contributed by atoms with Gasteiger partial charge in [0, 0.05) is 18.7 Å². The lowest BCUT2D eigenvalue weighted by Gasteiger charge is -2.15. The Morgan fingerprint density at radius 3 is 2.61 bits per heavy atom. The van der Waals surface area contributed by atoms with Crippen LogP contribution in [0, 0.1) is 11.6 Å². The van der Waals surface area contributed by atoms with Crippen molar-refractivity contribution in [2.45, 2.75) is 12.3 Å². The van der Waals surface area contributed by atoms with Crippen LogP contribution in [-0.2, 0) is 4.79 Å². The Morgan fingerprint density at radius 2 is 1.86 bits per heavy atom. The third kappa shape index (κ3) is 3.46. The van der Waals surface area contributed by atoms with E-state index in [2.05, 4.69) is 15.5 Å². The van der Waals surface area contributed by atoms with E-state index in [1.165, 1.54) is 53.4 Å². The third-order valence-electron chi connectivity index (χ3n) is 4.39. The van der Waals surface area contributed by atoms with Crippen molar-refractivity contribution in [1.82, 2.24) is 10.2 Å². The van der Waals surface area contributed by atoms with Crippen molar-refractivity contribution >= 4 is 23.5 Å². The van der Waals surface area contributed by atoms with E-state index in [-0.39, 0.29) is 48.1 Å². The van der Waals surface area contributed by atoms with Crippen molar-refractivity contribution in [2.75, 3.05) is 16.8 Å². The molecular formula is C19H14F2N4O3. The summed E-state index contributed by atoms with van der Waals surface area (Å²) in [5.74, 6) is -2.13. The Bertz CT molecular complexity index is 1040. The smallest absolute Gasteiger partial charge is 0.322 e. The number of rotatable bonds is 4. The van der Waals surface area contributed by atoms with Crippen LogP contribution in [0.1, 0.15) is 28.6 Å². The van der Waals surface area contributed by atoms with Gasteiger partial charge < -0.3 is 9.32 Å². The molecule has 2 heterocycles. The monoisotopic (exact) mass is 384 g/mol. The first-order valence-corrected chi connectivity index (χ1v) is 8.46. The molecule has 9 heteroatoms. The number of amides is 2. The molecule has 0 unspecified atom stereocenters. The van der Waals surface area contributed by atoms with Gasteiger partial charge in [-0.05, 0) is 36.4 Å². The minimum atomic E-state index is -0.719. The quantitative estimate of drug-likeness (QED) is 0.747. The fourth-order valence-corrected chi connectivity index (χ4v) is 3.00. The highest BCUT2D eigenvalue weighted by Crippen LogP contribution is 2.31. The first-order chi connectivity index (χ1) is 13.5. The molecule has 4 rings (SSSR count). The van der Waals surface area contributed by atoms with Crippen molar-refractivity contribution in [1.29, 1.82) is 0 Å². The van der Waals surface area contributed by atoms with Crippen molar-refractivity contribution < 1.29 is 22.8 Å². The average Bonchev–Trinajstić information content (AvgIpc) is 3.29. The maximum absolute atomic E-state index is 13.7. The van der Waals surface area contributed by atoms with Crippen LogP contribution in [0.25, 0.3) is 0 Å². The fraction of sp³-hybridized carbons (Fsp3) is 0.158.